The van der Waals surface area contributed by atoms with Crippen molar-refractivity contribution in [1.82, 2.24) is 4.98 Å². The van der Waals surface area contributed by atoms with E-state index in [0.717, 1.165) is 36.2 Å². The van der Waals surface area contributed by atoms with Crippen LogP contribution in [0.25, 0.3) is 0 Å². The molecule has 2 rings (SSSR count). The van der Waals surface area contributed by atoms with Crippen LogP contribution in [0.2, 0.25) is 0 Å². The van der Waals surface area contributed by atoms with Crippen LogP contribution in [0.5, 0.6) is 0 Å². The summed E-state index contributed by atoms with van der Waals surface area (Å²) in [7, 11) is 0. The molecule has 0 unspecified atom stereocenters. The van der Waals surface area contributed by atoms with Gasteiger partial charge in [-0.1, -0.05) is 7.43 Å². The summed E-state index contributed by atoms with van der Waals surface area (Å²) in [4.78, 5) is 4.29. The predicted molar refractivity (Wildman–Crippen MR) is 55.5 cm³/mol. The van der Waals surface area contributed by atoms with Gasteiger partial charge < -0.3 is 5.41 Å². The lowest BCUT2D eigenvalue weighted by Gasteiger charge is -2.17. The Bertz CT molecular complexity index is 329. The van der Waals surface area contributed by atoms with Gasteiger partial charge in [0.1, 0.15) is 0 Å². The van der Waals surface area contributed by atoms with Gasteiger partial charge in [0.25, 0.3) is 0 Å². The van der Waals surface area contributed by atoms with E-state index in [4.69, 9.17) is 5.41 Å². The number of pyridine rings is 1. The van der Waals surface area contributed by atoms with E-state index in [0.29, 0.717) is 0 Å². The van der Waals surface area contributed by atoms with Gasteiger partial charge in [-0.05, 0) is 37.8 Å². The first kappa shape index (κ1) is 9.90. The summed E-state index contributed by atoms with van der Waals surface area (Å²) < 4.78 is 0. The van der Waals surface area contributed by atoms with Crippen molar-refractivity contribution < 1.29 is 0 Å². The molecule has 0 saturated heterocycles. The monoisotopic (exact) mass is 176 g/mol. The van der Waals surface area contributed by atoms with Crippen LogP contribution >= 0.6 is 0 Å². The molecule has 70 valence electrons. The summed E-state index contributed by atoms with van der Waals surface area (Å²) in [6, 6.07) is 1.98. The Morgan fingerprint density at radius 1 is 1.38 bits per heavy atom. The number of nitrogens with zero attached hydrogens (tertiary/aromatic N) is 1. The molecule has 1 aliphatic carbocycles. The number of aromatic nitrogens is 1. The summed E-state index contributed by atoms with van der Waals surface area (Å²) in [5.74, 6) is 0. The van der Waals surface area contributed by atoms with Gasteiger partial charge in [-0.25, -0.2) is 0 Å². The molecule has 1 aromatic rings. The number of rotatable bonds is 0. The maximum Gasteiger partial charge on any atom is 0.0496 e. The fraction of sp³-hybridized carbons (Fsp3) is 0.455. The third-order valence-corrected chi connectivity index (χ3v) is 2.38. The van der Waals surface area contributed by atoms with Gasteiger partial charge in [0.05, 0.1) is 0 Å². The normalized spacial score (nSPS) is 14.7. The molecule has 2 nitrogen and oxygen atoms in total. The zero-order valence-electron chi connectivity index (χ0n) is 7.22. The molecular formula is C11H16N2. The third kappa shape index (κ3) is 1.62. The zero-order chi connectivity index (χ0) is 8.55. The number of hydrogen-bond acceptors (Lipinski definition) is 2. The SMILES string of the molecule is C.Cc1ccnc2c1C(=N)CCC2. The fourth-order valence-corrected chi connectivity index (χ4v) is 1.77. The highest BCUT2D eigenvalue weighted by Gasteiger charge is 2.16. The number of fused-ring (bicyclic) bond motifs is 1. The summed E-state index contributed by atoms with van der Waals surface area (Å²) in [6.45, 7) is 2.06. The Morgan fingerprint density at radius 2 is 2.15 bits per heavy atom. The Hall–Kier alpha value is -1.18. The van der Waals surface area contributed by atoms with Crippen LogP contribution in [0.3, 0.4) is 0 Å². The molecule has 0 atom stereocenters. The van der Waals surface area contributed by atoms with E-state index >= 15 is 0 Å². The first-order chi connectivity index (χ1) is 5.79. The summed E-state index contributed by atoms with van der Waals surface area (Å²) in [6.07, 6.45) is 4.88. The second-order valence-corrected chi connectivity index (χ2v) is 3.28. The van der Waals surface area contributed by atoms with Crippen molar-refractivity contribution in [1.29, 1.82) is 5.41 Å². The Kier molecular flexibility index (Phi) is 2.81. The molecule has 1 aromatic heterocycles. The van der Waals surface area contributed by atoms with Crippen molar-refractivity contribution in [2.75, 3.05) is 0 Å². The first-order valence-electron chi connectivity index (χ1n) is 4.31. The van der Waals surface area contributed by atoms with Crippen molar-refractivity contribution in [3.05, 3.63) is 29.1 Å². The van der Waals surface area contributed by atoms with E-state index in [1.165, 1.54) is 5.56 Å². The molecule has 0 amide bonds. The number of aryl methyl sites for hydroxylation is 2. The fourth-order valence-electron chi connectivity index (χ4n) is 1.77. The maximum absolute atomic E-state index is 7.77. The molecule has 2 heteroatoms. The first-order valence-corrected chi connectivity index (χ1v) is 4.31. The van der Waals surface area contributed by atoms with Gasteiger partial charge in [0, 0.05) is 23.2 Å². The van der Waals surface area contributed by atoms with Crippen molar-refractivity contribution in [2.45, 2.75) is 33.6 Å². The van der Waals surface area contributed by atoms with Crippen molar-refractivity contribution in [2.24, 2.45) is 0 Å². The molecule has 0 aliphatic heterocycles. The average Bonchev–Trinajstić information content (AvgIpc) is 2.04. The number of nitrogens with one attached hydrogen (secondary N) is 1. The van der Waals surface area contributed by atoms with Crippen LogP contribution in [0, 0.1) is 12.3 Å². The molecule has 1 heterocycles. The summed E-state index contributed by atoms with van der Waals surface area (Å²) in [5.41, 5.74) is 4.18. The molecular weight excluding hydrogens is 160 g/mol. The smallest absolute Gasteiger partial charge is 0.0496 e. The maximum atomic E-state index is 7.77. The van der Waals surface area contributed by atoms with Crippen LogP contribution in [0.15, 0.2) is 12.3 Å². The Balaban J connectivity index is 0.000000845. The van der Waals surface area contributed by atoms with Crippen LogP contribution in [0.1, 0.15) is 37.1 Å². The molecule has 13 heavy (non-hydrogen) atoms. The Labute approximate surface area is 79.5 Å². The second-order valence-electron chi connectivity index (χ2n) is 3.28. The lowest BCUT2D eigenvalue weighted by atomic mass is 9.91. The van der Waals surface area contributed by atoms with E-state index in [-0.39, 0.29) is 7.43 Å². The van der Waals surface area contributed by atoms with E-state index < -0.39 is 0 Å². The largest absolute Gasteiger partial charge is 0.305 e. The summed E-state index contributed by atoms with van der Waals surface area (Å²) in [5, 5.41) is 7.77. The molecule has 0 aromatic carbocycles. The van der Waals surface area contributed by atoms with Crippen molar-refractivity contribution in [3.63, 3.8) is 0 Å². The molecule has 0 radical (unpaired) electrons. The standard InChI is InChI=1S/C10H12N2.CH4/c1-7-5-6-12-9-4-2-3-8(11)10(7)9;/h5-6,11H,2-4H2,1H3;1H4. The van der Waals surface area contributed by atoms with E-state index in [1.807, 2.05) is 12.3 Å². The van der Waals surface area contributed by atoms with Gasteiger partial charge in [-0.2, -0.15) is 0 Å². The Morgan fingerprint density at radius 3 is 2.85 bits per heavy atom. The van der Waals surface area contributed by atoms with E-state index in [2.05, 4.69) is 11.9 Å². The molecule has 1 aliphatic rings. The minimum atomic E-state index is 0. The van der Waals surface area contributed by atoms with Crippen LogP contribution in [-0.2, 0) is 6.42 Å². The van der Waals surface area contributed by atoms with Gasteiger partial charge in [-0.15, -0.1) is 0 Å². The number of hydrogen-bond donors (Lipinski definition) is 1. The highest BCUT2D eigenvalue weighted by molar-refractivity contribution is 6.01. The van der Waals surface area contributed by atoms with E-state index in [9.17, 15) is 0 Å². The molecule has 0 saturated carbocycles. The van der Waals surface area contributed by atoms with Gasteiger partial charge in [0.15, 0.2) is 0 Å². The highest BCUT2D eigenvalue weighted by atomic mass is 14.7. The second kappa shape index (κ2) is 3.69. The molecule has 0 bridgehead atoms. The third-order valence-electron chi connectivity index (χ3n) is 2.38. The quantitative estimate of drug-likeness (QED) is 0.648. The van der Waals surface area contributed by atoms with E-state index in [1.54, 1.807) is 0 Å². The highest BCUT2D eigenvalue weighted by Crippen LogP contribution is 2.21. The minimum absolute atomic E-state index is 0. The van der Waals surface area contributed by atoms with Crippen LogP contribution in [0.4, 0.5) is 0 Å². The average molecular weight is 176 g/mol. The van der Waals surface area contributed by atoms with Gasteiger partial charge in [-0.3, -0.25) is 4.98 Å². The predicted octanol–water partition coefficient (Wildman–Crippen LogP) is 2.73. The topological polar surface area (TPSA) is 36.7 Å². The molecule has 1 N–H and O–H groups in total. The van der Waals surface area contributed by atoms with Gasteiger partial charge in [0.2, 0.25) is 0 Å². The van der Waals surface area contributed by atoms with Crippen LogP contribution < -0.4 is 0 Å². The van der Waals surface area contributed by atoms with Crippen LogP contribution in [-0.4, -0.2) is 10.7 Å². The van der Waals surface area contributed by atoms with Gasteiger partial charge >= 0.3 is 0 Å². The lowest BCUT2D eigenvalue weighted by molar-refractivity contribution is 0.802. The summed E-state index contributed by atoms with van der Waals surface area (Å²) >= 11 is 0. The van der Waals surface area contributed by atoms with Crippen molar-refractivity contribution in [3.8, 4) is 0 Å². The lowest BCUT2D eigenvalue weighted by Crippen LogP contribution is -2.13. The zero-order valence-corrected chi connectivity index (χ0v) is 7.22. The van der Waals surface area contributed by atoms with Crippen molar-refractivity contribution >= 4 is 5.71 Å². The minimum Gasteiger partial charge on any atom is -0.305 e. The molecule has 0 fully saturated rings. The molecule has 0 spiro atoms.